The van der Waals surface area contributed by atoms with Crippen LogP contribution in [0.5, 0.6) is 0 Å². The predicted octanol–water partition coefficient (Wildman–Crippen LogP) is 3.54. The summed E-state index contributed by atoms with van der Waals surface area (Å²) in [5, 5.41) is 0. The van der Waals surface area contributed by atoms with E-state index in [1.54, 1.807) is 13.0 Å². The van der Waals surface area contributed by atoms with E-state index in [0.29, 0.717) is 0 Å². The van der Waals surface area contributed by atoms with Crippen molar-refractivity contribution in [2.24, 2.45) is 0 Å². The molecule has 0 atom stereocenters. The van der Waals surface area contributed by atoms with Crippen LogP contribution in [0.3, 0.4) is 0 Å². The number of aryl methyl sites for hydroxylation is 1. The lowest BCUT2D eigenvalue weighted by atomic mass is 10.1. The fourth-order valence-electron chi connectivity index (χ4n) is 1.49. The zero-order valence-electron chi connectivity index (χ0n) is 9.28. The van der Waals surface area contributed by atoms with Crippen molar-refractivity contribution in [1.29, 1.82) is 0 Å². The molecule has 0 N–H and O–H groups in total. The van der Waals surface area contributed by atoms with Crippen LogP contribution in [0.25, 0.3) is 0 Å². The standard InChI is InChI=1S/C14H18O/c1-13(15)9-5-2-3-6-10-14-11-7-4-8-12-14/h4-5,7-9,11-12H,2-3,6,10H2,1H3. The van der Waals surface area contributed by atoms with Crippen molar-refractivity contribution in [2.45, 2.75) is 32.6 Å². The monoisotopic (exact) mass is 202 g/mol. The van der Waals surface area contributed by atoms with Gasteiger partial charge in [0, 0.05) is 0 Å². The van der Waals surface area contributed by atoms with Gasteiger partial charge in [0.1, 0.15) is 0 Å². The minimum Gasteiger partial charge on any atom is -0.295 e. The summed E-state index contributed by atoms with van der Waals surface area (Å²) in [6.07, 6.45) is 8.10. The molecule has 0 saturated carbocycles. The Morgan fingerprint density at radius 3 is 2.60 bits per heavy atom. The highest BCUT2D eigenvalue weighted by Crippen LogP contribution is 2.06. The lowest BCUT2D eigenvalue weighted by Crippen LogP contribution is -1.84. The lowest BCUT2D eigenvalue weighted by molar-refractivity contribution is -0.112. The van der Waals surface area contributed by atoms with E-state index in [1.807, 2.05) is 12.1 Å². The van der Waals surface area contributed by atoms with Crippen LogP contribution in [0.4, 0.5) is 0 Å². The van der Waals surface area contributed by atoms with Gasteiger partial charge >= 0.3 is 0 Å². The quantitative estimate of drug-likeness (QED) is 0.509. The number of carbonyl (C=O) groups excluding carboxylic acids is 1. The molecule has 0 spiro atoms. The van der Waals surface area contributed by atoms with Gasteiger partial charge in [0.15, 0.2) is 5.78 Å². The highest BCUT2D eigenvalue weighted by Gasteiger charge is 1.91. The molecule has 1 nitrogen and oxygen atoms in total. The van der Waals surface area contributed by atoms with E-state index in [4.69, 9.17) is 0 Å². The molecule has 0 unspecified atom stereocenters. The summed E-state index contributed by atoms with van der Waals surface area (Å²) < 4.78 is 0. The largest absolute Gasteiger partial charge is 0.295 e. The van der Waals surface area contributed by atoms with Gasteiger partial charge in [-0.25, -0.2) is 0 Å². The average Bonchev–Trinajstić information content (AvgIpc) is 2.24. The van der Waals surface area contributed by atoms with Crippen molar-refractivity contribution in [3.63, 3.8) is 0 Å². The van der Waals surface area contributed by atoms with Gasteiger partial charge in [-0.3, -0.25) is 4.79 Å². The second kappa shape index (κ2) is 6.99. The Hall–Kier alpha value is -1.37. The molecule has 1 aromatic carbocycles. The Balaban J connectivity index is 2.10. The summed E-state index contributed by atoms with van der Waals surface area (Å²) in [6, 6.07) is 10.5. The Kier molecular flexibility index (Phi) is 5.46. The fraction of sp³-hybridized carbons (Fsp3) is 0.357. The number of benzene rings is 1. The first-order chi connectivity index (χ1) is 7.29. The van der Waals surface area contributed by atoms with Gasteiger partial charge in [-0.1, -0.05) is 36.4 Å². The van der Waals surface area contributed by atoms with Crippen molar-refractivity contribution in [1.82, 2.24) is 0 Å². The number of hydrogen-bond acceptors (Lipinski definition) is 1. The Morgan fingerprint density at radius 1 is 1.20 bits per heavy atom. The maximum absolute atomic E-state index is 10.6. The van der Waals surface area contributed by atoms with E-state index < -0.39 is 0 Å². The van der Waals surface area contributed by atoms with Gasteiger partial charge in [-0.2, -0.15) is 0 Å². The number of carbonyl (C=O) groups is 1. The zero-order valence-corrected chi connectivity index (χ0v) is 9.28. The maximum Gasteiger partial charge on any atom is 0.152 e. The molecule has 80 valence electrons. The molecule has 0 aliphatic heterocycles. The molecule has 1 heteroatoms. The van der Waals surface area contributed by atoms with Crippen LogP contribution < -0.4 is 0 Å². The van der Waals surface area contributed by atoms with Gasteiger partial charge in [0.25, 0.3) is 0 Å². The highest BCUT2D eigenvalue weighted by atomic mass is 16.1. The van der Waals surface area contributed by atoms with Gasteiger partial charge in [0.2, 0.25) is 0 Å². The van der Waals surface area contributed by atoms with Crippen LogP contribution in [0.15, 0.2) is 42.5 Å². The third-order valence-corrected chi connectivity index (χ3v) is 2.28. The van der Waals surface area contributed by atoms with E-state index in [2.05, 4.69) is 24.3 Å². The molecule has 0 fully saturated rings. The highest BCUT2D eigenvalue weighted by molar-refractivity contribution is 5.87. The van der Waals surface area contributed by atoms with Crippen LogP contribution >= 0.6 is 0 Å². The average molecular weight is 202 g/mol. The van der Waals surface area contributed by atoms with E-state index in [0.717, 1.165) is 19.3 Å². The van der Waals surface area contributed by atoms with Crippen LogP contribution in [-0.4, -0.2) is 5.78 Å². The summed E-state index contributed by atoms with van der Waals surface area (Å²) in [4.78, 5) is 10.6. The van der Waals surface area contributed by atoms with E-state index in [9.17, 15) is 4.79 Å². The van der Waals surface area contributed by atoms with Crippen LogP contribution in [0.2, 0.25) is 0 Å². The fourth-order valence-corrected chi connectivity index (χ4v) is 1.49. The van der Waals surface area contributed by atoms with Gasteiger partial charge in [0.05, 0.1) is 0 Å². The van der Waals surface area contributed by atoms with Crippen molar-refractivity contribution < 1.29 is 4.79 Å². The summed E-state index contributed by atoms with van der Waals surface area (Å²) >= 11 is 0. The number of ketones is 1. The number of rotatable bonds is 6. The van der Waals surface area contributed by atoms with Crippen LogP contribution in [0.1, 0.15) is 31.7 Å². The maximum atomic E-state index is 10.6. The Bertz CT molecular complexity index is 311. The molecule has 0 radical (unpaired) electrons. The second-order valence-electron chi connectivity index (χ2n) is 3.74. The zero-order chi connectivity index (χ0) is 10.9. The molecule has 0 saturated heterocycles. The van der Waals surface area contributed by atoms with Gasteiger partial charge < -0.3 is 0 Å². The molecule has 1 rings (SSSR count). The molecule has 0 aliphatic rings. The molecule has 15 heavy (non-hydrogen) atoms. The lowest BCUT2D eigenvalue weighted by Gasteiger charge is -1.98. The number of allylic oxidation sites excluding steroid dienone is 2. The summed E-state index contributed by atoms with van der Waals surface area (Å²) in [6.45, 7) is 1.58. The Labute approximate surface area is 91.8 Å². The summed E-state index contributed by atoms with van der Waals surface area (Å²) in [7, 11) is 0. The molecular weight excluding hydrogens is 184 g/mol. The molecule has 0 heterocycles. The van der Waals surface area contributed by atoms with Gasteiger partial charge in [-0.15, -0.1) is 0 Å². The smallest absolute Gasteiger partial charge is 0.152 e. The van der Waals surface area contributed by atoms with Crippen molar-refractivity contribution >= 4 is 5.78 Å². The van der Waals surface area contributed by atoms with Crippen molar-refractivity contribution in [3.05, 3.63) is 48.0 Å². The summed E-state index contributed by atoms with van der Waals surface area (Å²) in [5.41, 5.74) is 1.40. The van der Waals surface area contributed by atoms with Gasteiger partial charge in [-0.05, 0) is 44.2 Å². The van der Waals surface area contributed by atoms with Crippen molar-refractivity contribution in [2.75, 3.05) is 0 Å². The van der Waals surface area contributed by atoms with Crippen LogP contribution in [0, 0.1) is 0 Å². The van der Waals surface area contributed by atoms with E-state index in [-0.39, 0.29) is 5.78 Å². The molecular formula is C14H18O. The predicted molar refractivity (Wildman–Crippen MR) is 63.8 cm³/mol. The minimum absolute atomic E-state index is 0.137. The normalized spacial score (nSPS) is 10.7. The second-order valence-corrected chi connectivity index (χ2v) is 3.74. The Morgan fingerprint density at radius 2 is 1.93 bits per heavy atom. The third kappa shape index (κ3) is 5.84. The molecule has 0 bridgehead atoms. The van der Waals surface area contributed by atoms with Crippen molar-refractivity contribution in [3.8, 4) is 0 Å². The minimum atomic E-state index is 0.137. The third-order valence-electron chi connectivity index (χ3n) is 2.28. The summed E-state index contributed by atoms with van der Waals surface area (Å²) in [5.74, 6) is 0.137. The number of unbranched alkanes of at least 4 members (excludes halogenated alkanes) is 2. The molecule has 0 amide bonds. The first kappa shape index (κ1) is 11.7. The first-order valence-corrected chi connectivity index (χ1v) is 5.50. The molecule has 0 aliphatic carbocycles. The SMILES string of the molecule is CC(=O)C=CCCCCc1ccccc1. The number of hydrogen-bond donors (Lipinski definition) is 0. The topological polar surface area (TPSA) is 17.1 Å². The molecule has 0 aromatic heterocycles. The van der Waals surface area contributed by atoms with E-state index in [1.165, 1.54) is 12.0 Å². The first-order valence-electron chi connectivity index (χ1n) is 5.50. The molecule has 1 aromatic rings. The van der Waals surface area contributed by atoms with Crippen LogP contribution in [-0.2, 0) is 11.2 Å². The van der Waals surface area contributed by atoms with E-state index >= 15 is 0 Å².